The van der Waals surface area contributed by atoms with Crippen molar-refractivity contribution in [3.05, 3.63) is 65.4 Å². The van der Waals surface area contributed by atoms with Crippen LogP contribution in [-0.2, 0) is 16.1 Å². The van der Waals surface area contributed by atoms with Gasteiger partial charge in [-0.3, -0.25) is 14.5 Å². The Labute approximate surface area is 213 Å². The van der Waals surface area contributed by atoms with E-state index < -0.39 is 0 Å². The van der Waals surface area contributed by atoms with E-state index in [0.29, 0.717) is 25.2 Å². The van der Waals surface area contributed by atoms with E-state index in [1.54, 1.807) is 0 Å². The molecule has 1 aromatic heterocycles. The van der Waals surface area contributed by atoms with Gasteiger partial charge in [-0.15, -0.1) is 0 Å². The third kappa shape index (κ3) is 6.95. The fraction of sp³-hybridized carbons (Fsp3) is 0.448. The van der Waals surface area contributed by atoms with Gasteiger partial charge in [-0.05, 0) is 42.2 Å². The van der Waals surface area contributed by atoms with Crippen molar-refractivity contribution in [2.24, 2.45) is 5.41 Å². The molecule has 0 spiro atoms. The maximum absolute atomic E-state index is 13.3. The molecule has 0 bridgehead atoms. The molecule has 0 aliphatic carbocycles. The molecule has 1 fully saturated rings. The minimum absolute atomic E-state index is 0.0119. The fourth-order valence-electron chi connectivity index (χ4n) is 4.63. The first-order chi connectivity index (χ1) is 17.2. The largest absolute Gasteiger partial charge is 0.379 e. The maximum atomic E-state index is 13.3. The summed E-state index contributed by atoms with van der Waals surface area (Å²) >= 11 is 0. The zero-order valence-corrected chi connectivity index (χ0v) is 21.9. The minimum atomic E-state index is -0.0922. The summed E-state index contributed by atoms with van der Waals surface area (Å²) in [4.78, 5) is 28.1. The van der Waals surface area contributed by atoms with Crippen LogP contribution in [0.2, 0.25) is 0 Å². The van der Waals surface area contributed by atoms with E-state index in [9.17, 15) is 9.59 Å². The molecule has 7 nitrogen and oxygen atoms in total. The van der Waals surface area contributed by atoms with Gasteiger partial charge in [0.25, 0.3) is 5.91 Å². The number of hydrogen-bond acceptors (Lipinski definition) is 4. The Morgan fingerprint density at radius 2 is 1.81 bits per heavy atom. The van der Waals surface area contributed by atoms with E-state index in [-0.39, 0.29) is 17.2 Å². The summed E-state index contributed by atoms with van der Waals surface area (Å²) in [5.41, 5.74) is 4.55. The van der Waals surface area contributed by atoms with Gasteiger partial charge in [0.1, 0.15) is 5.69 Å². The molecule has 2 aromatic carbocycles. The second-order valence-electron chi connectivity index (χ2n) is 10.9. The number of amides is 2. The van der Waals surface area contributed by atoms with Crippen molar-refractivity contribution in [3.63, 3.8) is 0 Å². The summed E-state index contributed by atoms with van der Waals surface area (Å²) in [5, 5.41) is 7.04. The number of aromatic nitrogens is 1. The Morgan fingerprint density at radius 1 is 1.03 bits per heavy atom. The van der Waals surface area contributed by atoms with E-state index in [4.69, 9.17) is 4.74 Å². The van der Waals surface area contributed by atoms with Crippen molar-refractivity contribution in [2.45, 2.75) is 40.7 Å². The van der Waals surface area contributed by atoms with Gasteiger partial charge in [0.05, 0.1) is 13.2 Å². The van der Waals surface area contributed by atoms with Crippen LogP contribution in [0.25, 0.3) is 10.9 Å². The molecule has 192 valence electrons. The summed E-state index contributed by atoms with van der Waals surface area (Å²) in [7, 11) is 0. The van der Waals surface area contributed by atoms with Crippen LogP contribution < -0.4 is 10.6 Å². The first-order valence-electron chi connectivity index (χ1n) is 12.7. The van der Waals surface area contributed by atoms with Gasteiger partial charge >= 0.3 is 0 Å². The monoisotopic (exact) mass is 490 g/mol. The van der Waals surface area contributed by atoms with Crippen molar-refractivity contribution in [1.82, 2.24) is 14.8 Å². The van der Waals surface area contributed by atoms with Gasteiger partial charge in [0, 0.05) is 55.7 Å². The number of nitrogens with zero attached hydrogens (tertiary/aromatic N) is 2. The summed E-state index contributed by atoms with van der Waals surface area (Å²) in [6, 6.07) is 16.1. The molecule has 4 rings (SSSR count). The van der Waals surface area contributed by atoms with Crippen molar-refractivity contribution >= 4 is 28.4 Å². The number of rotatable bonds is 8. The fourth-order valence-corrected chi connectivity index (χ4v) is 4.63. The molecule has 2 N–H and O–H groups in total. The average molecular weight is 491 g/mol. The van der Waals surface area contributed by atoms with Crippen LogP contribution in [0.1, 0.15) is 48.8 Å². The van der Waals surface area contributed by atoms with E-state index in [0.717, 1.165) is 55.0 Å². The molecule has 2 heterocycles. The first-order valence-corrected chi connectivity index (χ1v) is 12.7. The average Bonchev–Trinajstić information content (AvgIpc) is 3.16. The number of morpholine rings is 1. The van der Waals surface area contributed by atoms with Crippen LogP contribution in [0.5, 0.6) is 0 Å². The van der Waals surface area contributed by atoms with Crippen LogP contribution in [0.4, 0.5) is 5.69 Å². The quantitative estimate of drug-likeness (QED) is 0.490. The number of carbonyl (C=O) groups is 2. The standard InChI is InChI=1S/C29H38N4O3/c1-21-6-5-7-22(16-21)20-33-25-9-8-24(31-27(34)19-29(2,3)4)17-23(25)18-26(33)28(35)30-10-11-32-12-14-36-15-13-32/h5-9,16-18H,10-15,19-20H2,1-4H3,(H,30,35)(H,31,34). The molecule has 3 aromatic rings. The van der Waals surface area contributed by atoms with Gasteiger partial charge < -0.3 is 19.9 Å². The van der Waals surface area contributed by atoms with Gasteiger partial charge in [0.15, 0.2) is 0 Å². The molecule has 1 aliphatic heterocycles. The van der Waals surface area contributed by atoms with E-state index in [1.807, 2.05) is 51.1 Å². The summed E-state index contributed by atoms with van der Waals surface area (Å²) in [5.74, 6) is -0.104. The maximum Gasteiger partial charge on any atom is 0.267 e. The highest BCUT2D eigenvalue weighted by Crippen LogP contribution is 2.26. The van der Waals surface area contributed by atoms with E-state index >= 15 is 0 Å². The molecular weight excluding hydrogens is 452 g/mol. The Morgan fingerprint density at radius 3 is 2.53 bits per heavy atom. The number of aryl methyl sites for hydroxylation is 1. The highest BCUT2D eigenvalue weighted by Gasteiger charge is 2.19. The SMILES string of the molecule is Cc1cccc(Cn2c(C(=O)NCCN3CCOCC3)cc3cc(NC(=O)CC(C)(C)C)ccc32)c1. The lowest BCUT2D eigenvalue weighted by atomic mass is 9.92. The number of benzene rings is 2. The van der Waals surface area contributed by atoms with Crippen LogP contribution in [0.3, 0.4) is 0 Å². The van der Waals surface area contributed by atoms with Gasteiger partial charge in [-0.25, -0.2) is 0 Å². The number of anilines is 1. The zero-order valence-electron chi connectivity index (χ0n) is 21.9. The molecule has 0 atom stereocenters. The summed E-state index contributed by atoms with van der Waals surface area (Å²) < 4.78 is 7.47. The second-order valence-corrected chi connectivity index (χ2v) is 10.9. The number of hydrogen-bond donors (Lipinski definition) is 2. The molecule has 1 saturated heterocycles. The highest BCUT2D eigenvalue weighted by molar-refractivity contribution is 6.00. The Kier molecular flexibility index (Phi) is 8.11. The van der Waals surface area contributed by atoms with Crippen molar-refractivity contribution < 1.29 is 14.3 Å². The number of ether oxygens (including phenoxy) is 1. The van der Waals surface area contributed by atoms with Crippen LogP contribution >= 0.6 is 0 Å². The Bertz CT molecular complexity index is 1220. The lowest BCUT2D eigenvalue weighted by Gasteiger charge is -2.26. The van der Waals surface area contributed by atoms with Gasteiger partial charge in [-0.2, -0.15) is 0 Å². The van der Waals surface area contributed by atoms with Crippen molar-refractivity contribution in [1.29, 1.82) is 0 Å². The topological polar surface area (TPSA) is 75.6 Å². The van der Waals surface area contributed by atoms with E-state index in [1.165, 1.54) is 5.56 Å². The van der Waals surface area contributed by atoms with Gasteiger partial charge in [0.2, 0.25) is 5.91 Å². The van der Waals surface area contributed by atoms with Crippen molar-refractivity contribution in [3.8, 4) is 0 Å². The zero-order chi connectivity index (χ0) is 25.7. The number of fused-ring (bicyclic) bond motifs is 1. The molecule has 2 amide bonds. The minimum Gasteiger partial charge on any atom is -0.379 e. The van der Waals surface area contributed by atoms with Crippen LogP contribution in [0.15, 0.2) is 48.5 Å². The molecule has 7 heteroatoms. The third-order valence-electron chi connectivity index (χ3n) is 6.35. The smallest absolute Gasteiger partial charge is 0.267 e. The predicted octanol–water partition coefficient (Wildman–Crippen LogP) is 4.43. The van der Waals surface area contributed by atoms with Crippen LogP contribution in [-0.4, -0.2) is 60.7 Å². The second kappa shape index (κ2) is 11.3. The number of nitrogens with one attached hydrogen (secondary N) is 2. The molecule has 36 heavy (non-hydrogen) atoms. The molecule has 1 aliphatic rings. The molecule has 0 unspecified atom stereocenters. The molecule has 0 saturated carbocycles. The van der Waals surface area contributed by atoms with E-state index in [2.05, 4.69) is 45.2 Å². The normalized spacial score (nSPS) is 14.7. The Balaban J connectivity index is 1.57. The van der Waals surface area contributed by atoms with Crippen LogP contribution in [0, 0.1) is 12.3 Å². The number of carbonyl (C=O) groups excluding carboxylic acids is 2. The van der Waals surface area contributed by atoms with Crippen molar-refractivity contribution in [2.75, 3.05) is 44.7 Å². The van der Waals surface area contributed by atoms with Gasteiger partial charge in [-0.1, -0.05) is 50.6 Å². The first kappa shape index (κ1) is 25.9. The summed E-state index contributed by atoms with van der Waals surface area (Å²) in [6.45, 7) is 13.5. The molecular formula is C29H38N4O3. The lowest BCUT2D eigenvalue weighted by molar-refractivity contribution is -0.117. The molecule has 0 radical (unpaired) electrons. The Hall–Kier alpha value is -3.16. The highest BCUT2D eigenvalue weighted by atomic mass is 16.5. The predicted molar refractivity (Wildman–Crippen MR) is 145 cm³/mol. The summed E-state index contributed by atoms with van der Waals surface area (Å²) in [6.07, 6.45) is 0.441. The third-order valence-corrected chi connectivity index (χ3v) is 6.35. The lowest BCUT2D eigenvalue weighted by Crippen LogP contribution is -2.41.